The zero-order valence-electron chi connectivity index (χ0n) is 9.28. The largest absolute Gasteiger partial charge is 0.334 e. The molecule has 1 fully saturated rings. The molecule has 1 atom stereocenters. The summed E-state index contributed by atoms with van der Waals surface area (Å²) in [7, 11) is 0. The van der Waals surface area contributed by atoms with Crippen LogP contribution in [-0.2, 0) is 0 Å². The zero-order chi connectivity index (χ0) is 12.4. The molecule has 2 heterocycles. The van der Waals surface area contributed by atoms with Crippen LogP contribution in [0.3, 0.4) is 0 Å². The smallest absolute Gasteiger partial charge is 0.262 e. The van der Waals surface area contributed by atoms with Gasteiger partial charge >= 0.3 is 0 Å². The number of nitrogens with one attached hydrogen (secondary N) is 1. The summed E-state index contributed by atoms with van der Waals surface area (Å²) in [5.74, 6) is -0.0742. The number of carbonyl (C=O) groups excluding carboxylic acids is 1. The summed E-state index contributed by atoms with van der Waals surface area (Å²) in [5, 5.41) is 0. The van der Waals surface area contributed by atoms with Crippen LogP contribution in [0.4, 0.5) is 0 Å². The number of H-pyrrole nitrogens is 1. The second kappa shape index (κ2) is 5.01. The summed E-state index contributed by atoms with van der Waals surface area (Å²) < 4.78 is 0.367. The average molecular weight is 300 g/mol. The molecule has 1 aliphatic heterocycles. The van der Waals surface area contributed by atoms with Crippen molar-refractivity contribution in [3.05, 3.63) is 32.7 Å². The molecule has 3 N–H and O–H groups in total. The number of halogens is 1. The summed E-state index contributed by atoms with van der Waals surface area (Å²) in [6, 6.07) is 1.67. The molecule has 0 aromatic carbocycles. The first kappa shape index (κ1) is 12.3. The first-order valence-corrected chi connectivity index (χ1v) is 6.32. The number of nitrogens with zero attached hydrogens (tertiary/aromatic N) is 1. The number of carbonyl (C=O) groups is 1. The molecule has 1 saturated heterocycles. The van der Waals surface area contributed by atoms with Crippen LogP contribution in [0.15, 0.2) is 21.5 Å². The maximum absolute atomic E-state index is 12.2. The lowest BCUT2D eigenvalue weighted by atomic mass is 10.2. The Morgan fingerprint density at radius 1 is 1.65 bits per heavy atom. The minimum atomic E-state index is -0.238. The van der Waals surface area contributed by atoms with E-state index < -0.39 is 0 Å². The minimum Gasteiger partial charge on any atom is -0.334 e. The highest BCUT2D eigenvalue weighted by Gasteiger charge is 2.28. The SMILES string of the molecule is NC[C@H]1CCCN1C(=O)c1c[nH]c(=O)c(Br)c1. The van der Waals surface area contributed by atoms with Gasteiger partial charge in [-0.15, -0.1) is 0 Å². The zero-order valence-corrected chi connectivity index (χ0v) is 10.9. The van der Waals surface area contributed by atoms with E-state index in [0.29, 0.717) is 16.6 Å². The van der Waals surface area contributed by atoms with Crippen molar-refractivity contribution in [1.82, 2.24) is 9.88 Å². The molecular formula is C11H14BrN3O2. The van der Waals surface area contributed by atoms with E-state index in [0.717, 1.165) is 19.4 Å². The van der Waals surface area contributed by atoms with E-state index in [-0.39, 0.29) is 17.5 Å². The molecule has 0 bridgehead atoms. The van der Waals surface area contributed by atoms with Gasteiger partial charge in [0.1, 0.15) is 0 Å². The Morgan fingerprint density at radius 3 is 3.06 bits per heavy atom. The van der Waals surface area contributed by atoms with Gasteiger partial charge in [0.05, 0.1) is 10.0 Å². The van der Waals surface area contributed by atoms with Crippen LogP contribution in [0.1, 0.15) is 23.2 Å². The lowest BCUT2D eigenvalue weighted by Gasteiger charge is -2.23. The summed E-state index contributed by atoms with van der Waals surface area (Å²) in [6.45, 7) is 1.22. The molecule has 5 nitrogen and oxygen atoms in total. The molecule has 0 unspecified atom stereocenters. The van der Waals surface area contributed by atoms with Gasteiger partial charge in [0.25, 0.3) is 11.5 Å². The van der Waals surface area contributed by atoms with E-state index in [1.807, 2.05) is 0 Å². The number of aromatic amines is 1. The lowest BCUT2D eigenvalue weighted by molar-refractivity contribution is 0.0740. The predicted octanol–water partition coefficient (Wildman–Crippen LogP) is 0.701. The topological polar surface area (TPSA) is 79.2 Å². The number of rotatable bonds is 2. The molecule has 1 amide bonds. The Labute approximate surface area is 107 Å². The third-order valence-electron chi connectivity index (χ3n) is 3.01. The Kier molecular flexibility index (Phi) is 3.63. The number of amides is 1. The van der Waals surface area contributed by atoms with Crippen molar-refractivity contribution in [3.8, 4) is 0 Å². The summed E-state index contributed by atoms with van der Waals surface area (Å²) in [4.78, 5) is 27.7. The second-order valence-corrected chi connectivity index (χ2v) is 4.95. The van der Waals surface area contributed by atoms with Crippen molar-refractivity contribution in [1.29, 1.82) is 0 Å². The van der Waals surface area contributed by atoms with Gasteiger partial charge in [0, 0.05) is 25.3 Å². The normalized spacial score (nSPS) is 19.6. The molecule has 17 heavy (non-hydrogen) atoms. The molecule has 6 heteroatoms. The lowest BCUT2D eigenvalue weighted by Crippen LogP contribution is -2.40. The Balaban J connectivity index is 2.24. The molecule has 1 aromatic rings. The van der Waals surface area contributed by atoms with E-state index >= 15 is 0 Å². The maximum atomic E-state index is 12.2. The second-order valence-electron chi connectivity index (χ2n) is 4.10. The number of likely N-dealkylation sites (tertiary alicyclic amines) is 1. The highest BCUT2D eigenvalue weighted by molar-refractivity contribution is 9.10. The summed E-state index contributed by atoms with van der Waals surface area (Å²) in [5.41, 5.74) is 5.88. The maximum Gasteiger partial charge on any atom is 0.262 e. The third-order valence-corrected chi connectivity index (χ3v) is 3.60. The van der Waals surface area contributed by atoms with Gasteiger partial charge in [0.2, 0.25) is 0 Å². The van der Waals surface area contributed by atoms with Gasteiger partial charge < -0.3 is 15.6 Å². The Morgan fingerprint density at radius 2 is 2.41 bits per heavy atom. The fraction of sp³-hybridized carbons (Fsp3) is 0.455. The van der Waals surface area contributed by atoms with Crippen molar-refractivity contribution in [2.24, 2.45) is 5.73 Å². The fourth-order valence-corrected chi connectivity index (χ4v) is 2.45. The monoisotopic (exact) mass is 299 g/mol. The van der Waals surface area contributed by atoms with E-state index in [1.165, 1.54) is 6.20 Å². The van der Waals surface area contributed by atoms with E-state index in [1.54, 1.807) is 11.0 Å². The van der Waals surface area contributed by atoms with Crippen molar-refractivity contribution >= 4 is 21.8 Å². The van der Waals surface area contributed by atoms with Crippen LogP contribution in [0.5, 0.6) is 0 Å². The van der Waals surface area contributed by atoms with Gasteiger partial charge in [0.15, 0.2) is 0 Å². The Bertz CT molecular complexity index is 486. The van der Waals surface area contributed by atoms with E-state index in [4.69, 9.17) is 5.73 Å². The van der Waals surface area contributed by atoms with Crippen LogP contribution in [-0.4, -0.2) is 34.9 Å². The number of hydrogen-bond acceptors (Lipinski definition) is 3. The van der Waals surface area contributed by atoms with Crippen molar-refractivity contribution < 1.29 is 4.79 Å². The first-order valence-electron chi connectivity index (χ1n) is 5.52. The minimum absolute atomic E-state index is 0.0742. The van der Waals surface area contributed by atoms with Crippen molar-refractivity contribution in [2.75, 3.05) is 13.1 Å². The molecule has 92 valence electrons. The van der Waals surface area contributed by atoms with Crippen LogP contribution >= 0.6 is 15.9 Å². The molecule has 0 spiro atoms. The molecule has 1 aliphatic rings. The van der Waals surface area contributed by atoms with Crippen LogP contribution in [0.2, 0.25) is 0 Å². The first-order chi connectivity index (χ1) is 8.13. The van der Waals surface area contributed by atoms with E-state index in [9.17, 15) is 9.59 Å². The van der Waals surface area contributed by atoms with Gasteiger partial charge in [-0.1, -0.05) is 0 Å². The number of nitrogens with two attached hydrogens (primary N) is 1. The van der Waals surface area contributed by atoms with Crippen LogP contribution in [0.25, 0.3) is 0 Å². The van der Waals surface area contributed by atoms with Crippen molar-refractivity contribution in [3.63, 3.8) is 0 Å². The fourth-order valence-electron chi connectivity index (χ4n) is 2.09. The summed E-state index contributed by atoms with van der Waals surface area (Å²) >= 11 is 3.12. The highest BCUT2D eigenvalue weighted by Crippen LogP contribution is 2.19. The van der Waals surface area contributed by atoms with Crippen molar-refractivity contribution in [2.45, 2.75) is 18.9 Å². The average Bonchev–Trinajstić information content (AvgIpc) is 2.80. The molecule has 0 saturated carbocycles. The summed E-state index contributed by atoms with van der Waals surface area (Å²) in [6.07, 6.45) is 3.38. The number of aromatic nitrogens is 1. The molecule has 1 aromatic heterocycles. The van der Waals surface area contributed by atoms with Crippen LogP contribution in [0, 0.1) is 0 Å². The van der Waals surface area contributed by atoms with Gasteiger partial charge in [-0.2, -0.15) is 0 Å². The van der Waals surface area contributed by atoms with Gasteiger partial charge in [-0.25, -0.2) is 0 Å². The standard InChI is InChI=1S/C11H14BrN3O2/c12-9-4-7(6-14-10(9)16)11(17)15-3-1-2-8(15)5-13/h4,6,8H,1-3,5,13H2,(H,14,16)/t8-/m1/s1. The Hall–Kier alpha value is -1.14. The molecule has 0 radical (unpaired) electrons. The van der Waals surface area contributed by atoms with Crippen LogP contribution < -0.4 is 11.3 Å². The number of pyridine rings is 1. The molecule has 2 rings (SSSR count). The van der Waals surface area contributed by atoms with Gasteiger partial charge in [-0.05, 0) is 34.8 Å². The quantitative estimate of drug-likeness (QED) is 0.844. The highest BCUT2D eigenvalue weighted by atomic mass is 79.9. The van der Waals surface area contributed by atoms with E-state index in [2.05, 4.69) is 20.9 Å². The molecule has 0 aliphatic carbocycles. The molecular weight excluding hydrogens is 286 g/mol. The third kappa shape index (κ3) is 2.42. The number of hydrogen-bond donors (Lipinski definition) is 2. The predicted molar refractivity (Wildman–Crippen MR) is 67.9 cm³/mol. The van der Waals surface area contributed by atoms with Gasteiger partial charge in [-0.3, -0.25) is 9.59 Å².